The monoisotopic (exact) mass is 843 g/mol. The molecule has 0 N–H and O–H groups in total. The molecule has 0 spiro atoms. The van der Waals surface area contributed by atoms with Crippen LogP contribution >= 0.6 is 0 Å². The maximum atomic E-state index is 5.74. The number of fused-ring (bicyclic) bond motifs is 15. The summed E-state index contributed by atoms with van der Waals surface area (Å²) in [6, 6.07) is 47.3. The number of aromatic nitrogens is 3. The van der Waals surface area contributed by atoms with Gasteiger partial charge in [-0.25, -0.2) is 0 Å². The summed E-state index contributed by atoms with van der Waals surface area (Å²) >= 11 is 0. The molecule has 5 nitrogen and oxygen atoms in total. The van der Waals surface area contributed by atoms with Gasteiger partial charge in [0.1, 0.15) is 11.5 Å². The minimum Gasteiger partial charge on any atom is -0.497 e. The molecule has 6 aromatic carbocycles. The van der Waals surface area contributed by atoms with Crippen LogP contribution < -0.4 is 9.47 Å². The van der Waals surface area contributed by atoms with Gasteiger partial charge in [0.25, 0.3) is 0 Å². The fourth-order valence-electron chi connectivity index (χ4n) is 12.0. The summed E-state index contributed by atoms with van der Waals surface area (Å²) in [5.41, 5.74) is 24.1. The molecule has 3 heterocycles. The van der Waals surface area contributed by atoms with E-state index in [0.717, 1.165) is 49.8 Å². The van der Waals surface area contributed by atoms with Crippen LogP contribution in [0.4, 0.5) is 0 Å². The number of methoxy groups -OCH3 is 2. The Morgan fingerprint density at radius 1 is 0.484 bits per heavy atom. The molecule has 62 heavy (non-hydrogen) atoms. The molecular formula is C55H53N3O2Si2. The SMILES string of the molecule is COc1ccc2c(c1)c1c(n2CCc2ccc3c(c2)c2c(n3[Si](C)(C)Cc3ccc4c(c3)Cc3c-4c4cc(OC)ccc4n3[Si](C)(C)C)Cc3ccccc3-2)Cc2ccccc2-1. The number of benzene rings is 6. The van der Waals surface area contributed by atoms with Crippen molar-refractivity contribution in [3.8, 4) is 44.9 Å². The molecule has 0 amide bonds. The van der Waals surface area contributed by atoms with Crippen molar-refractivity contribution in [2.45, 2.75) is 71.0 Å². The second-order valence-electron chi connectivity index (χ2n) is 19.7. The molecule has 0 saturated heterocycles. The maximum absolute atomic E-state index is 5.74. The fourth-order valence-corrected chi connectivity index (χ4v) is 17.1. The van der Waals surface area contributed by atoms with Gasteiger partial charge in [0.05, 0.1) is 14.2 Å². The van der Waals surface area contributed by atoms with Gasteiger partial charge < -0.3 is 22.5 Å². The van der Waals surface area contributed by atoms with Crippen molar-refractivity contribution >= 4 is 49.2 Å². The summed E-state index contributed by atoms with van der Waals surface area (Å²) in [4.78, 5) is 0. The molecule has 0 bridgehead atoms. The Balaban J connectivity index is 0.906. The van der Waals surface area contributed by atoms with Crippen molar-refractivity contribution in [3.63, 3.8) is 0 Å². The van der Waals surface area contributed by atoms with Gasteiger partial charge in [-0.1, -0.05) is 106 Å². The van der Waals surface area contributed by atoms with Gasteiger partial charge in [-0.2, -0.15) is 0 Å². The van der Waals surface area contributed by atoms with E-state index in [1.165, 1.54) is 111 Å². The Bertz CT molecular complexity index is 3350. The lowest BCUT2D eigenvalue weighted by atomic mass is 10.0. The van der Waals surface area contributed by atoms with E-state index < -0.39 is 16.5 Å². The first-order chi connectivity index (χ1) is 30.0. The standard InChI is InChI=1S/C55H53N3O2Si2/c1-59-39-18-22-47-45(31-39)53-41-14-10-8-12-36(41)28-50(53)56(47)25-24-34-17-21-49-44(27-34)54-42-15-11-9-13-37(42)29-52(54)58(49)62(6,7)33-35-16-20-43-38(26-35)30-51-55(43)46-32-40(60-2)19-23-48(46)57(51)61(3,4)5/h8-23,26-27,31-32H,24-25,28-30,33H2,1-7H3. The largest absolute Gasteiger partial charge is 0.497 e. The average molecular weight is 844 g/mol. The Morgan fingerprint density at radius 2 is 1.00 bits per heavy atom. The van der Waals surface area contributed by atoms with E-state index in [2.05, 4.69) is 167 Å². The van der Waals surface area contributed by atoms with Gasteiger partial charge in [-0.3, -0.25) is 0 Å². The summed E-state index contributed by atoms with van der Waals surface area (Å²) < 4.78 is 19.6. The van der Waals surface area contributed by atoms with Crippen molar-refractivity contribution < 1.29 is 9.47 Å². The fraction of sp³-hybridized carbons (Fsp3) is 0.236. The highest BCUT2D eigenvalue weighted by Crippen LogP contribution is 2.49. The summed E-state index contributed by atoms with van der Waals surface area (Å²) in [6.07, 6.45) is 3.92. The Labute approximate surface area is 366 Å². The lowest BCUT2D eigenvalue weighted by Gasteiger charge is -2.29. The molecule has 0 atom stereocenters. The highest BCUT2D eigenvalue weighted by Gasteiger charge is 2.36. The van der Waals surface area contributed by atoms with Crippen LogP contribution in [0.15, 0.2) is 121 Å². The van der Waals surface area contributed by atoms with E-state index in [1.54, 1.807) is 14.2 Å². The maximum Gasteiger partial charge on any atom is 0.160 e. The van der Waals surface area contributed by atoms with Crippen LogP contribution in [0.3, 0.4) is 0 Å². The third-order valence-electron chi connectivity index (χ3n) is 14.4. The minimum absolute atomic E-state index is 0.912. The van der Waals surface area contributed by atoms with E-state index >= 15 is 0 Å². The Morgan fingerprint density at radius 3 is 1.68 bits per heavy atom. The van der Waals surface area contributed by atoms with Crippen LogP contribution in [0, 0.1) is 0 Å². The van der Waals surface area contributed by atoms with Crippen molar-refractivity contribution in [3.05, 3.63) is 166 Å². The molecule has 12 rings (SSSR count). The van der Waals surface area contributed by atoms with Crippen molar-refractivity contribution in [2.24, 2.45) is 0 Å². The summed E-state index contributed by atoms with van der Waals surface area (Å²) in [7, 11) is -0.254. The third kappa shape index (κ3) is 5.50. The number of hydrogen-bond donors (Lipinski definition) is 0. The van der Waals surface area contributed by atoms with Crippen molar-refractivity contribution in [1.82, 2.24) is 13.0 Å². The molecular weight excluding hydrogens is 791 g/mol. The molecule has 0 saturated carbocycles. The van der Waals surface area contributed by atoms with Crippen LogP contribution in [-0.2, 0) is 38.3 Å². The molecule has 3 aromatic heterocycles. The second-order valence-corrected chi connectivity index (χ2v) is 28.9. The van der Waals surface area contributed by atoms with Gasteiger partial charge >= 0.3 is 0 Å². The third-order valence-corrected chi connectivity index (χ3v) is 19.3. The summed E-state index contributed by atoms with van der Waals surface area (Å²) in [5.74, 6) is 1.84. The first-order valence-electron chi connectivity index (χ1n) is 22.4. The lowest BCUT2D eigenvalue weighted by molar-refractivity contribution is 0.415. The van der Waals surface area contributed by atoms with Gasteiger partial charge in [0, 0.05) is 92.3 Å². The molecule has 7 heteroatoms. The van der Waals surface area contributed by atoms with E-state index in [4.69, 9.17) is 9.47 Å². The van der Waals surface area contributed by atoms with E-state index in [1.807, 2.05) is 0 Å². The van der Waals surface area contributed by atoms with Crippen molar-refractivity contribution in [2.75, 3.05) is 14.2 Å². The van der Waals surface area contributed by atoms with E-state index in [-0.39, 0.29) is 0 Å². The quantitative estimate of drug-likeness (QED) is 0.136. The van der Waals surface area contributed by atoms with Crippen LogP contribution in [0.25, 0.3) is 66.1 Å². The van der Waals surface area contributed by atoms with Crippen molar-refractivity contribution in [1.29, 1.82) is 0 Å². The van der Waals surface area contributed by atoms with Crippen LogP contribution in [0.1, 0.15) is 44.9 Å². The van der Waals surface area contributed by atoms with Gasteiger partial charge in [0.15, 0.2) is 16.5 Å². The zero-order valence-corrected chi connectivity index (χ0v) is 38.9. The Kier molecular flexibility index (Phi) is 8.20. The molecule has 0 fully saturated rings. The zero-order chi connectivity index (χ0) is 42.2. The molecule has 9 aromatic rings. The number of aryl methyl sites for hydroxylation is 2. The summed E-state index contributed by atoms with van der Waals surface area (Å²) in [6.45, 7) is 13.5. The molecule has 0 aliphatic heterocycles. The summed E-state index contributed by atoms with van der Waals surface area (Å²) in [5, 5.41) is 4.03. The first-order valence-corrected chi connectivity index (χ1v) is 29.0. The van der Waals surface area contributed by atoms with Gasteiger partial charge in [-0.05, 0) is 106 Å². The molecule has 3 aliphatic rings. The van der Waals surface area contributed by atoms with Gasteiger partial charge in [-0.15, -0.1) is 0 Å². The number of ether oxygens (including phenoxy) is 2. The molecule has 3 aliphatic carbocycles. The number of hydrogen-bond acceptors (Lipinski definition) is 2. The average Bonchev–Trinajstić information content (AvgIpc) is 4.09. The van der Waals surface area contributed by atoms with Crippen LogP contribution in [0.5, 0.6) is 11.5 Å². The van der Waals surface area contributed by atoms with E-state index in [9.17, 15) is 0 Å². The topological polar surface area (TPSA) is 33.2 Å². The normalized spacial score (nSPS) is 13.7. The highest BCUT2D eigenvalue weighted by atomic mass is 28.3. The van der Waals surface area contributed by atoms with Crippen LogP contribution in [0.2, 0.25) is 32.7 Å². The zero-order valence-electron chi connectivity index (χ0n) is 36.9. The number of rotatable bonds is 9. The predicted molar refractivity (Wildman–Crippen MR) is 263 cm³/mol. The van der Waals surface area contributed by atoms with Crippen LogP contribution in [-0.4, -0.2) is 43.7 Å². The Hall–Kier alpha value is -6.03. The van der Waals surface area contributed by atoms with E-state index in [0.29, 0.717) is 0 Å². The molecule has 0 radical (unpaired) electrons. The molecule has 0 unspecified atom stereocenters. The predicted octanol–water partition coefficient (Wildman–Crippen LogP) is 13.0. The molecule has 308 valence electrons. The lowest BCUT2D eigenvalue weighted by Crippen LogP contribution is -2.40. The van der Waals surface area contributed by atoms with Gasteiger partial charge in [0.2, 0.25) is 0 Å². The second kappa shape index (κ2) is 13.5. The minimum atomic E-state index is -2.10. The number of nitrogens with zero attached hydrogens (tertiary/aromatic N) is 3. The highest BCUT2D eigenvalue weighted by molar-refractivity contribution is 6.76. The smallest absolute Gasteiger partial charge is 0.160 e. The first kappa shape index (κ1) is 37.7.